The van der Waals surface area contributed by atoms with Crippen molar-refractivity contribution in [3.05, 3.63) is 70.0 Å². The van der Waals surface area contributed by atoms with Crippen molar-refractivity contribution in [2.24, 2.45) is 5.92 Å². The molecule has 3 rings (SSSR count). The summed E-state index contributed by atoms with van der Waals surface area (Å²) in [6, 6.07) is 9.00. The molecular formula is C25H27F3O3S. The molecule has 0 radical (unpaired) electrons. The highest BCUT2D eigenvalue weighted by molar-refractivity contribution is 7.99. The Bertz CT molecular complexity index is 1030. The van der Waals surface area contributed by atoms with Gasteiger partial charge in [0.2, 0.25) is 0 Å². The number of hydrogen-bond acceptors (Lipinski definition) is 4. The minimum atomic E-state index is -4.36. The van der Waals surface area contributed by atoms with Crippen molar-refractivity contribution in [2.45, 2.75) is 57.7 Å². The molecule has 172 valence electrons. The molecule has 3 nitrogen and oxygen atoms in total. The van der Waals surface area contributed by atoms with Gasteiger partial charge in [0.25, 0.3) is 0 Å². The second-order valence-electron chi connectivity index (χ2n) is 8.25. The molecule has 1 aliphatic rings. The standard InChI is InChI=1S/C25H27F3O3S/c1-5-17-11-14(2)10-15(3)22(17)23-20(29)12-21(31-24(23)30)16(4)13-32-19-8-6-18(7-9-19)25(26,27)28/h6-11,16,21,29H,5,12-13H2,1-4H3. The summed E-state index contributed by atoms with van der Waals surface area (Å²) >= 11 is 1.39. The first-order chi connectivity index (χ1) is 15.0. The average Bonchev–Trinajstić information content (AvgIpc) is 2.72. The maximum absolute atomic E-state index is 12.9. The third kappa shape index (κ3) is 5.31. The van der Waals surface area contributed by atoms with Gasteiger partial charge >= 0.3 is 12.1 Å². The van der Waals surface area contributed by atoms with Gasteiger partial charge in [0.15, 0.2) is 0 Å². The highest BCUT2D eigenvalue weighted by atomic mass is 32.2. The fourth-order valence-corrected chi connectivity index (χ4v) is 4.98. The molecule has 0 bridgehead atoms. The lowest BCUT2D eigenvalue weighted by Gasteiger charge is -2.30. The van der Waals surface area contributed by atoms with Crippen LogP contribution >= 0.6 is 11.8 Å². The first-order valence-corrected chi connectivity index (χ1v) is 11.5. The number of carbonyl (C=O) groups is 1. The SMILES string of the molecule is CCc1cc(C)cc(C)c1C1=C(O)CC(C(C)CSc2ccc(C(F)(F)F)cc2)OC1=O. The predicted molar refractivity (Wildman–Crippen MR) is 121 cm³/mol. The van der Waals surface area contributed by atoms with E-state index in [1.165, 1.54) is 23.9 Å². The van der Waals surface area contributed by atoms with E-state index in [1.54, 1.807) is 0 Å². The third-order valence-electron chi connectivity index (χ3n) is 5.67. The van der Waals surface area contributed by atoms with Crippen LogP contribution in [0.25, 0.3) is 5.57 Å². The molecule has 0 aliphatic carbocycles. The summed E-state index contributed by atoms with van der Waals surface area (Å²) in [5.41, 5.74) is 3.30. The Balaban J connectivity index is 1.72. The normalized spacial score (nSPS) is 18.0. The summed E-state index contributed by atoms with van der Waals surface area (Å²) in [6.45, 7) is 7.83. The number of hydrogen-bond donors (Lipinski definition) is 1. The lowest BCUT2D eigenvalue weighted by atomic mass is 9.88. The number of aliphatic hydroxyl groups is 1. The number of rotatable bonds is 6. The van der Waals surface area contributed by atoms with Crippen LogP contribution in [0.4, 0.5) is 13.2 Å². The van der Waals surface area contributed by atoms with Crippen LogP contribution in [0.15, 0.2) is 47.1 Å². The lowest BCUT2D eigenvalue weighted by Crippen LogP contribution is -2.32. The third-order valence-corrected chi connectivity index (χ3v) is 6.97. The molecule has 1 heterocycles. The quantitative estimate of drug-likeness (QED) is 0.373. The van der Waals surface area contributed by atoms with Crippen LogP contribution in [0.5, 0.6) is 0 Å². The second kappa shape index (κ2) is 9.61. The lowest BCUT2D eigenvalue weighted by molar-refractivity contribution is -0.145. The summed E-state index contributed by atoms with van der Waals surface area (Å²) in [5.74, 6) is -0.0684. The number of ether oxygens (including phenoxy) is 1. The second-order valence-corrected chi connectivity index (χ2v) is 9.34. The van der Waals surface area contributed by atoms with Crippen LogP contribution in [0.2, 0.25) is 0 Å². The maximum atomic E-state index is 12.9. The van der Waals surface area contributed by atoms with Gasteiger partial charge < -0.3 is 9.84 Å². The minimum absolute atomic E-state index is 0.0271. The number of alkyl halides is 3. The van der Waals surface area contributed by atoms with E-state index in [1.807, 2.05) is 39.8 Å². The van der Waals surface area contributed by atoms with E-state index in [9.17, 15) is 23.1 Å². The van der Waals surface area contributed by atoms with Gasteiger partial charge in [-0.1, -0.05) is 31.5 Å². The molecule has 2 unspecified atom stereocenters. The van der Waals surface area contributed by atoms with E-state index in [2.05, 4.69) is 0 Å². The molecule has 0 amide bonds. The topological polar surface area (TPSA) is 46.5 Å². The highest BCUT2D eigenvalue weighted by Crippen LogP contribution is 2.36. The van der Waals surface area contributed by atoms with Gasteiger partial charge in [-0.15, -0.1) is 11.8 Å². The van der Waals surface area contributed by atoms with Crippen molar-refractivity contribution in [3.8, 4) is 0 Å². The number of benzene rings is 2. The van der Waals surface area contributed by atoms with Crippen molar-refractivity contribution >= 4 is 23.3 Å². The largest absolute Gasteiger partial charge is 0.511 e. The summed E-state index contributed by atoms with van der Waals surface area (Å²) in [5, 5.41) is 10.8. The van der Waals surface area contributed by atoms with Crippen LogP contribution < -0.4 is 0 Å². The minimum Gasteiger partial charge on any atom is -0.511 e. The average molecular weight is 465 g/mol. The predicted octanol–water partition coefficient (Wildman–Crippen LogP) is 6.90. The van der Waals surface area contributed by atoms with Crippen molar-refractivity contribution in [3.63, 3.8) is 0 Å². The van der Waals surface area contributed by atoms with E-state index in [0.717, 1.165) is 40.8 Å². The Morgan fingerprint density at radius 2 is 1.84 bits per heavy atom. The van der Waals surface area contributed by atoms with Gasteiger partial charge in [0.05, 0.1) is 5.56 Å². The molecule has 2 aromatic rings. The number of halogens is 3. The van der Waals surface area contributed by atoms with Crippen LogP contribution in [0.1, 0.15) is 48.1 Å². The van der Waals surface area contributed by atoms with E-state index in [-0.39, 0.29) is 23.7 Å². The van der Waals surface area contributed by atoms with Crippen molar-refractivity contribution < 1.29 is 27.8 Å². The van der Waals surface area contributed by atoms with Crippen LogP contribution in [-0.2, 0) is 22.1 Å². The van der Waals surface area contributed by atoms with Crippen LogP contribution in [0.3, 0.4) is 0 Å². The monoisotopic (exact) mass is 464 g/mol. The van der Waals surface area contributed by atoms with Gasteiger partial charge in [-0.3, -0.25) is 0 Å². The molecule has 0 saturated carbocycles. The Morgan fingerprint density at radius 1 is 1.19 bits per heavy atom. The summed E-state index contributed by atoms with van der Waals surface area (Å²) in [6.07, 6.45) is -3.91. The molecule has 2 atom stereocenters. The first-order valence-electron chi connectivity index (χ1n) is 10.5. The van der Waals surface area contributed by atoms with Gasteiger partial charge in [-0.05, 0) is 61.2 Å². The first kappa shape index (κ1) is 24.2. The molecule has 0 saturated heterocycles. The maximum Gasteiger partial charge on any atom is 0.416 e. The van der Waals surface area contributed by atoms with Crippen molar-refractivity contribution in [1.82, 2.24) is 0 Å². The molecular weight excluding hydrogens is 437 g/mol. The zero-order chi connectivity index (χ0) is 23.6. The smallest absolute Gasteiger partial charge is 0.416 e. The summed E-state index contributed by atoms with van der Waals surface area (Å²) in [4.78, 5) is 13.6. The summed E-state index contributed by atoms with van der Waals surface area (Å²) < 4.78 is 43.8. The molecule has 32 heavy (non-hydrogen) atoms. The number of carbonyl (C=O) groups excluding carboxylic acids is 1. The zero-order valence-electron chi connectivity index (χ0n) is 18.5. The van der Waals surface area contributed by atoms with Gasteiger partial charge in [-0.2, -0.15) is 13.2 Å². The molecule has 0 fully saturated rings. The van der Waals surface area contributed by atoms with Crippen molar-refractivity contribution in [1.29, 1.82) is 0 Å². The number of esters is 1. The van der Waals surface area contributed by atoms with E-state index in [4.69, 9.17) is 4.74 Å². The molecule has 0 aromatic heterocycles. The van der Waals surface area contributed by atoms with Crippen molar-refractivity contribution in [2.75, 3.05) is 5.75 Å². The van der Waals surface area contributed by atoms with E-state index >= 15 is 0 Å². The Hall–Kier alpha value is -2.41. The molecule has 2 aromatic carbocycles. The van der Waals surface area contributed by atoms with Gasteiger partial charge in [0, 0.05) is 23.0 Å². The highest BCUT2D eigenvalue weighted by Gasteiger charge is 2.35. The molecule has 7 heteroatoms. The zero-order valence-corrected chi connectivity index (χ0v) is 19.4. The molecule has 1 aliphatic heterocycles. The number of aryl methyl sites for hydroxylation is 3. The fourth-order valence-electron chi connectivity index (χ4n) is 3.98. The van der Waals surface area contributed by atoms with Gasteiger partial charge in [-0.25, -0.2) is 4.79 Å². The Morgan fingerprint density at radius 3 is 2.41 bits per heavy atom. The van der Waals surface area contributed by atoms with E-state index < -0.39 is 23.8 Å². The molecule has 0 spiro atoms. The van der Waals surface area contributed by atoms with Gasteiger partial charge in [0.1, 0.15) is 17.4 Å². The fraction of sp³-hybridized carbons (Fsp3) is 0.400. The van der Waals surface area contributed by atoms with Crippen LogP contribution in [-0.4, -0.2) is 22.9 Å². The Kier molecular flexibility index (Phi) is 7.28. The number of thioether (sulfide) groups is 1. The molecule has 1 N–H and O–H groups in total. The van der Waals surface area contributed by atoms with Crippen LogP contribution in [0, 0.1) is 19.8 Å². The number of aliphatic hydroxyl groups excluding tert-OH is 1. The number of cyclic esters (lactones) is 1. The summed E-state index contributed by atoms with van der Waals surface area (Å²) in [7, 11) is 0. The van der Waals surface area contributed by atoms with E-state index in [0.29, 0.717) is 10.6 Å². The Labute approximate surface area is 190 Å².